The minimum absolute atomic E-state index is 0.103. The van der Waals surface area contributed by atoms with E-state index in [4.69, 9.17) is 4.74 Å². The van der Waals surface area contributed by atoms with Gasteiger partial charge in [0.25, 0.3) is 5.91 Å². The van der Waals surface area contributed by atoms with Gasteiger partial charge < -0.3 is 10.1 Å². The van der Waals surface area contributed by atoms with E-state index < -0.39 is 17.5 Å². The molecule has 1 amide bonds. The van der Waals surface area contributed by atoms with Crippen molar-refractivity contribution in [2.75, 3.05) is 0 Å². The minimum Gasteiger partial charge on any atom is -0.374 e. The van der Waals surface area contributed by atoms with Crippen LogP contribution in [0.3, 0.4) is 0 Å². The predicted molar refractivity (Wildman–Crippen MR) is 83.9 cm³/mol. The van der Waals surface area contributed by atoms with Crippen molar-refractivity contribution in [2.24, 2.45) is 0 Å². The van der Waals surface area contributed by atoms with Gasteiger partial charge in [-0.15, -0.1) is 0 Å². The van der Waals surface area contributed by atoms with Crippen LogP contribution in [0.4, 0.5) is 8.78 Å². The molecule has 3 nitrogen and oxygen atoms in total. The maximum Gasteiger partial charge on any atom is 0.254 e. The van der Waals surface area contributed by atoms with E-state index in [1.54, 1.807) is 0 Å². The summed E-state index contributed by atoms with van der Waals surface area (Å²) < 4.78 is 32.1. The molecule has 0 fully saturated rings. The number of amides is 1. The first-order chi connectivity index (χ1) is 11.0. The maximum atomic E-state index is 13.6. The first kappa shape index (κ1) is 17.1. The molecule has 0 aliphatic carbocycles. The fourth-order valence-corrected chi connectivity index (χ4v) is 2.07. The van der Waals surface area contributed by atoms with Crippen molar-refractivity contribution in [1.29, 1.82) is 0 Å². The smallest absolute Gasteiger partial charge is 0.254 e. The van der Waals surface area contributed by atoms with Gasteiger partial charge in [-0.3, -0.25) is 4.79 Å². The topological polar surface area (TPSA) is 38.3 Å². The molecule has 122 valence electrons. The lowest BCUT2D eigenvalue weighted by atomic mass is 10.1. The summed E-state index contributed by atoms with van der Waals surface area (Å²) >= 11 is 0. The number of carbonyl (C=O) groups is 1. The lowest BCUT2D eigenvalue weighted by molar-refractivity contribution is 0.0651. The van der Waals surface area contributed by atoms with Gasteiger partial charge in [-0.2, -0.15) is 0 Å². The molecule has 0 spiro atoms. The van der Waals surface area contributed by atoms with Crippen LogP contribution < -0.4 is 5.32 Å². The third-order valence-corrected chi connectivity index (χ3v) is 3.31. The van der Waals surface area contributed by atoms with E-state index in [9.17, 15) is 13.6 Å². The number of carbonyl (C=O) groups excluding carboxylic acids is 1. The third kappa shape index (κ3) is 4.86. The molecule has 0 aromatic heterocycles. The van der Waals surface area contributed by atoms with Gasteiger partial charge in [-0.1, -0.05) is 24.3 Å². The number of hydrogen-bond donors (Lipinski definition) is 1. The Balaban J connectivity index is 2.04. The molecule has 0 saturated carbocycles. The monoisotopic (exact) mass is 319 g/mol. The van der Waals surface area contributed by atoms with Crippen molar-refractivity contribution in [3.63, 3.8) is 0 Å². The SMILES string of the molecule is CC(C)OCc1ccccc1CNC(=O)c1ccc(F)cc1F. The Kier molecular flexibility index (Phi) is 5.82. The Hall–Kier alpha value is -2.27. The zero-order valence-corrected chi connectivity index (χ0v) is 13.1. The molecule has 0 heterocycles. The first-order valence-electron chi connectivity index (χ1n) is 7.39. The number of hydrogen-bond acceptors (Lipinski definition) is 2. The molecule has 23 heavy (non-hydrogen) atoms. The lowest BCUT2D eigenvalue weighted by Gasteiger charge is -2.13. The first-order valence-corrected chi connectivity index (χ1v) is 7.39. The Morgan fingerprint density at radius 2 is 1.83 bits per heavy atom. The van der Waals surface area contributed by atoms with Crippen molar-refractivity contribution >= 4 is 5.91 Å². The summed E-state index contributed by atoms with van der Waals surface area (Å²) in [6.07, 6.45) is 0.103. The molecule has 0 bridgehead atoms. The van der Waals surface area contributed by atoms with E-state index in [0.717, 1.165) is 23.3 Å². The highest BCUT2D eigenvalue weighted by atomic mass is 19.1. The number of rotatable bonds is 6. The fraction of sp³-hybridized carbons (Fsp3) is 0.278. The zero-order valence-electron chi connectivity index (χ0n) is 13.1. The van der Waals surface area contributed by atoms with Gasteiger partial charge >= 0.3 is 0 Å². The van der Waals surface area contributed by atoms with Crippen molar-refractivity contribution in [2.45, 2.75) is 33.1 Å². The van der Waals surface area contributed by atoms with E-state index in [0.29, 0.717) is 12.7 Å². The van der Waals surface area contributed by atoms with Gasteiger partial charge in [0.05, 0.1) is 18.3 Å². The summed E-state index contributed by atoms with van der Waals surface area (Å²) in [6, 6.07) is 10.4. The fourth-order valence-electron chi connectivity index (χ4n) is 2.07. The summed E-state index contributed by atoms with van der Waals surface area (Å²) in [5.41, 5.74) is 1.67. The third-order valence-electron chi connectivity index (χ3n) is 3.31. The van der Waals surface area contributed by atoms with E-state index in [1.165, 1.54) is 0 Å². The van der Waals surface area contributed by atoms with Gasteiger partial charge in [0.15, 0.2) is 0 Å². The number of benzene rings is 2. The van der Waals surface area contributed by atoms with Crippen LogP contribution in [-0.4, -0.2) is 12.0 Å². The van der Waals surface area contributed by atoms with Gasteiger partial charge in [-0.05, 0) is 37.1 Å². The largest absolute Gasteiger partial charge is 0.374 e. The van der Waals surface area contributed by atoms with Crippen LogP contribution >= 0.6 is 0 Å². The molecule has 0 radical (unpaired) electrons. The molecule has 5 heteroatoms. The van der Waals surface area contributed by atoms with Crippen molar-refractivity contribution in [3.05, 3.63) is 70.8 Å². The van der Waals surface area contributed by atoms with Crippen molar-refractivity contribution in [3.8, 4) is 0 Å². The Morgan fingerprint density at radius 3 is 2.48 bits per heavy atom. The van der Waals surface area contributed by atoms with E-state index in [2.05, 4.69) is 5.32 Å². The lowest BCUT2D eigenvalue weighted by Crippen LogP contribution is -2.24. The second-order valence-corrected chi connectivity index (χ2v) is 5.44. The average Bonchev–Trinajstić information content (AvgIpc) is 2.51. The molecular formula is C18H19F2NO2. The molecule has 2 rings (SSSR count). The molecule has 0 aliphatic rings. The molecule has 0 atom stereocenters. The van der Waals surface area contributed by atoms with Crippen LogP contribution in [0.25, 0.3) is 0 Å². The summed E-state index contributed by atoms with van der Waals surface area (Å²) in [6.45, 7) is 4.57. The molecule has 0 saturated heterocycles. The summed E-state index contributed by atoms with van der Waals surface area (Å²) in [5.74, 6) is -2.17. The average molecular weight is 319 g/mol. The second kappa shape index (κ2) is 7.83. The van der Waals surface area contributed by atoms with Gasteiger partial charge in [-0.25, -0.2) is 8.78 Å². The molecule has 2 aromatic rings. The normalized spacial score (nSPS) is 10.8. The van der Waals surface area contributed by atoms with Crippen LogP contribution in [0.5, 0.6) is 0 Å². The van der Waals surface area contributed by atoms with Gasteiger partial charge in [0, 0.05) is 12.6 Å². The van der Waals surface area contributed by atoms with E-state index >= 15 is 0 Å². The van der Waals surface area contributed by atoms with Crippen LogP contribution in [-0.2, 0) is 17.9 Å². The van der Waals surface area contributed by atoms with Gasteiger partial charge in [0.1, 0.15) is 11.6 Å². The molecular weight excluding hydrogens is 300 g/mol. The van der Waals surface area contributed by atoms with Crippen LogP contribution in [0.2, 0.25) is 0 Å². The van der Waals surface area contributed by atoms with Crippen LogP contribution in [0.1, 0.15) is 35.3 Å². The summed E-state index contributed by atoms with van der Waals surface area (Å²) in [7, 11) is 0. The Labute approximate surface area is 134 Å². The summed E-state index contributed by atoms with van der Waals surface area (Å²) in [5, 5.41) is 2.65. The standard InChI is InChI=1S/C18H19F2NO2/c1-12(2)23-11-14-6-4-3-5-13(14)10-21-18(22)16-8-7-15(19)9-17(16)20/h3-9,12H,10-11H2,1-2H3,(H,21,22). The van der Waals surface area contributed by atoms with Crippen molar-refractivity contribution in [1.82, 2.24) is 5.32 Å². The second-order valence-electron chi connectivity index (χ2n) is 5.44. The predicted octanol–water partition coefficient (Wildman–Crippen LogP) is 3.82. The maximum absolute atomic E-state index is 13.6. The Bertz CT molecular complexity index is 686. The summed E-state index contributed by atoms with van der Waals surface area (Å²) in [4.78, 5) is 12.0. The Morgan fingerprint density at radius 1 is 1.13 bits per heavy atom. The molecule has 0 unspecified atom stereocenters. The number of halogens is 2. The van der Waals surface area contributed by atoms with E-state index in [-0.39, 0.29) is 18.2 Å². The van der Waals surface area contributed by atoms with Crippen LogP contribution in [0.15, 0.2) is 42.5 Å². The van der Waals surface area contributed by atoms with Crippen LogP contribution in [0, 0.1) is 11.6 Å². The molecule has 2 aromatic carbocycles. The number of nitrogens with one attached hydrogen (secondary N) is 1. The molecule has 0 aliphatic heterocycles. The quantitative estimate of drug-likeness (QED) is 0.879. The number of ether oxygens (including phenoxy) is 1. The van der Waals surface area contributed by atoms with Crippen molar-refractivity contribution < 1.29 is 18.3 Å². The highest BCUT2D eigenvalue weighted by molar-refractivity contribution is 5.94. The highest BCUT2D eigenvalue weighted by Crippen LogP contribution is 2.13. The zero-order chi connectivity index (χ0) is 16.8. The van der Waals surface area contributed by atoms with Gasteiger partial charge in [0.2, 0.25) is 0 Å². The van der Waals surface area contributed by atoms with E-state index in [1.807, 2.05) is 38.1 Å². The molecule has 1 N–H and O–H groups in total. The highest BCUT2D eigenvalue weighted by Gasteiger charge is 2.13. The minimum atomic E-state index is -0.876.